The molecule has 1 aromatic heterocycles. The van der Waals surface area contributed by atoms with E-state index in [0.717, 1.165) is 5.56 Å². The highest BCUT2D eigenvalue weighted by Gasteiger charge is 1.95. The van der Waals surface area contributed by atoms with Crippen LogP contribution in [0.4, 0.5) is 0 Å². The molecule has 4 heteroatoms. The fraction of sp³-hybridized carbons (Fsp3) is 0.375. The minimum Gasteiger partial charge on any atom is -0.379 e. The first-order chi connectivity index (χ1) is 5.68. The lowest BCUT2D eigenvalue weighted by atomic mass is 10.3. The van der Waals surface area contributed by atoms with Crippen molar-refractivity contribution in [1.29, 1.82) is 0 Å². The third-order valence-corrected chi connectivity index (χ3v) is 1.61. The second-order valence-electron chi connectivity index (χ2n) is 2.55. The van der Waals surface area contributed by atoms with E-state index in [0.29, 0.717) is 11.7 Å². The minimum absolute atomic E-state index is 0.482. The van der Waals surface area contributed by atoms with E-state index < -0.39 is 6.23 Å². The van der Waals surface area contributed by atoms with Gasteiger partial charge < -0.3 is 5.11 Å². The summed E-state index contributed by atoms with van der Waals surface area (Å²) in [6.07, 6.45) is 1.18. The third-order valence-electron chi connectivity index (χ3n) is 1.39. The molecular weight excluding hydrogens is 176 g/mol. The van der Waals surface area contributed by atoms with Crippen LogP contribution in [0.2, 0.25) is 5.15 Å². The van der Waals surface area contributed by atoms with Gasteiger partial charge in [-0.3, -0.25) is 5.32 Å². The number of nitrogens with zero attached hydrogens (tertiary/aromatic N) is 1. The SMILES string of the molecule is CC(O)NCc1ccc(Cl)nc1. The molecule has 2 N–H and O–H groups in total. The summed E-state index contributed by atoms with van der Waals surface area (Å²) in [5.74, 6) is 0. The summed E-state index contributed by atoms with van der Waals surface area (Å²) in [5.41, 5.74) is 1.00. The first kappa shape index (κ1) is 9.45. The van der Waals surface area contributed by atoms with Gasteiger partial charge in [0, 0.05) is 12.7 Å². The summed E-state index contributed by atoms with van der Waals surface area (Å²) in [7, 11) is 0. The van der Waals surface area contributed by atoms with Gasteiger partial charge in [-0.05, 0) is 18.6 Å². The summed E-state index contributed by atoms with van der Waals surface area (Å²) >= 11 is 5.59. The fourth-order valence-electron chi connectivity index (χ4n) is 0.777. The Morgan fingerprint density at radius 3 is 2.92 bits per heavy atom. The highest BCUT2D eigenvalue weighted by atomic mass is 35.5. The first-order valence-electron chi connectivity index (χ1n) is 3.70. The van der Waals surface area contributed by atoms with Gasteiger partial charge in [-0.15, -0.1) is 0 Å². The van der Waals surface area contributed by atoms with Gasteiger partial charge in [-0.25, -0.2) is 4.98 Å². The van der Waals surface area contributed by atoms with Crippen LogP contribution in [0.5, 0.6) is 0 Å². The second-order valence-corrected chi connectivity index (χ2v) is 2.93. The first-order valence-corrected chi connectivity index (χ1v) is 4.08. The normalized spacial score (nSPS) is 12.9. The number of rotatable bonds is 3. The summed E-state index contributed by atoms with van der Waals surface area (Å²) in [6.45, 7) is 2.27. The Kier molecular flexibility index (Phi) is 3.47. The molecule has 12 heavy (non-hydrogen) atoms. The lowest BCUT2D eigenvalue weighted by Gasteiger charge is -2.06. The van der Waals surface area contributed by atoms with E-state index >= 15 is 0 Å². The van der Waals surface area contributed by atoms with Gasteiger partial charge in [0.15, 0.2) is 0 Å². The molecule has 1 unspecified atom stereocenters. The molecule has 66 valence electrons. The van der Waals surface area contributed by atoms with E-state index in [2.05, 4.69) is 10.3 Å². The van der Waals surface area contributed by atoms with Gasteiger partial charge in [0.2, 0.25) is 0 Å². The van der Waals surface area contributed by atoms with Crippen molar-refractivity contribution in [3.05, 3.63) is 29.0 Å². The monoisotopic (exact) mass is 186 g/mol. The topological polar surface area (TPSA) is 45.1 Å². The summed E-state index contributed by atoms with van der Waals surface area (Å²) in [5, 5.41) is 12.2. The van der Waals surface area contributed by atoms with Crippen LogP contribution in [-0.2, 0) is 6.54 Å². The van der Waals surface area contributed by atoms with Crippen LogP contribution in [0.1, 0.15) is 12.5 Å². The number of halogens is 1. The largest absolute Gasteiger partial charge is 0.379 e. The predicted molar refractivity (Wildman–Crippen MR) is 47.8 cm³/mol. The standard InChI is InChI=1S/C8H11ClN2O/c1-6(12)10-4-7-2-3-8(9)11-5-7/h2-3,5-6,10,12H,4H2,1H3. The molecule has 0 fully saturated rings. The van der Waals surface area contributed by atoms with Crippen LogP contribution >= 0.6 is 11.6 Å². The fourth-order valence-corrected chi connectivity index (χ4v) is 0.888. The van der Waals surface area contributed by atoms with Gasteiger partial charge in [0.05, 0.1) is 0 Å². The molecule has 0 aliphatic heterocycles. The Morgan fingerprint density at radius 1 is 1.67 bits per heavy atom. The van der Waals surface area contributed by atoms with Crippen LogP contribution in [0.3, 0.4) is 0 Å². The molecule has 0 aliphatic rings. The van der Waals surface area contributed by atoms with E-state index in [1.165, 1.54) is 0 Å². The Morgan fingerprint density at radius 2 is 2.42 bits per heavy atom. The quantitative estimate of drug-likeness (QED) is 0.550. The molecule has 1 heterocycles. The second kappa shape index (κ2) is 4.40. The third kappa shape index (κ3) is 3.17. The molecule has 3 nitrogen and oxygen atoms in total. The van der Waals surface area contributed by atoms with E-state index in [9.17, 15) is 0 Å². The van der Waals surface area contributed by atoms with Crippen molar-refractivity contribution < 1.29 is 5.11 Å². The smallest absolute Gasteiger partial charge is 0.129 e. The highest BCUT2D eigenvalue weighted by molar-refractivity contribution is 6.29. The van der Waals surface area contributed by atoms with Gasteiger partial charge in [-0.2, -0.15) is 0 Å². The lowest BCUT2D eigenvalue weighted by molar-refractivity contribution is 0.155. The van der Waals surface area contributed by atoms with Crippen molar-refractivity contribution in [2.45, 2.75) is 19.7 Å². The van der Waals surface area contributed by atoms with Crippen LogP contribution in [-0.4, -0.2) is 16.3 Å². The molecule has 0 bridgehead atoms. The Labute approximate surface area is 76.4 Å². The van der Waals surface area contributed by atoms with Crippen molar-refractivity contribution in [3.8, 4) is 0 Å². The molecule has 0 saturated carbocycles. The number of hydrogen-bond donors (Lipinski definition) is 2. The van der Waals surface area contributed by atoms with E-state index in [1.54, 1.807) is 19.2 Å². The molecule has 0 amide bonds. The zero-order valence-electron chi connectivity index (χ0n) is 6.79. The number of pyridine rings is 1. The van der Waals surface area contributed by atoms with Crippen molar-refractivity contribution >= 4 is 11.6 Å². The van der Waals surface area contributed by atoms with Gasteiger partial charge in [-0.1, -0.05) is 17.7 Å². The molecular formula is C8H11ClN2O. The molecule has 0 aliphatic carbocycles. The zero-order valence-corrected chi connectivity index (χ0v) is 7.54. The molecule has 0 radical (unpaired) electrons. The summed E-state index contributed by atoms with van der Waals surface area (Å²) < 4.78 is 0. The minimum atomic E-state index is -0.499. The van der Waals surface area contributed by atoms with Crippen LogP contribution < -0.4 is 5.32 Å². The van der Waals surface area contributed by atoms with Crippen molar-refractivity contribution in [2.75, 3.05) is 0 Å². The summed E-state index contributed by atoms with van der Waals surface area (Å²) in [6, 6.07) is 3.59. The Bertz CT molecular complexity index is 235. The molecule has 0 aromatic carbocycles. The number of hydrogen-bond acceptors (Lipinski definition) is 3. The molecule has 1 rings (SSSR count). The lowest BCUT2D eigenvalue weighted by Crippen LogP contribution is -2.24. The average molecular weight is 187 g/mol. The van der Waals surface area contributed by atoms with E-state index in [-0.39, 0.29) is 0 Å². The predicted octanol–water partition coefficient (Wildman–Crippen LogP) is 1.16. The summed E-state index contributed by atoms with van der Waals surface area (Å²) in [4.78, 5) is 3.90. The zero-order chi connectivity index (χ0) is 8.97. The van der Waals surface area contributed by atoms with E-state index in [4.69, 9.17) is 16.7 Å². The van der Waals surface area contributed by atoms with Gasteiger partial charge >= 0.3 is 0 Å². The number of aliphatic hydroxyl groups is 1. The molecule has 1 aromatic rings. The number of aromatic nitrogens is 1. The van der Waals surface area contributed by atoms with Gasteiger partial charge in [0.1, 0.15) is 11.4 Å². The molecule has 0 saturated heterocycles. The Hall–Kier alpha value is -0.640. The van der Waals surface area contributed by atoms with Crippen molar-refractivity contribution in [1.82, 2.24) is 10.3 Å². The van der Waals surface area contributed by atoms with Gasteiger partial charge in [0.25, 0.3) is 0 Å². The molecule has 0 spiro atoms. The van der Waals surface area contributed by atoms with Crippen LogP contribution in [0.25, 0.3) is 0 Å². The van der Waals surface area contributed by atoms with Crippen LogP contribution in [0, 0.1) is 0 Å². The van der Waals surface area contributed by atoms with Crippen molar-refractivity contribution in [3.63, 3.8) is 0 Å². The van der Waals surface area contributed by atoms with E-state index in [1.807, 2.05) is 6.07 Å². The number of nitrogens with one attached hydrogen (secondary N) is 1. The maximum absolute atomic E-state index is 8.91. The van der Waals surface area contributed by atoms with Crippen molar-refractivity contribution in [2.24, 2.45) is 0 Å². The van der Waals surface area contributed by atoms with Crippen LogP contribution in [0.15, 0.2) is 18.3 Å². The maximum atomic E-state index is 8.91. The molecule has 1 atom stereocenters. The number of aliphatic hydroxyl groups excluding tert-OH is 1. The Balaban J connectivity index is 2.48. The maximum Gasteiger partial charge on any atom is 0.129 e. The highest BCUT2D eigenvalue weighted by Crippen LogP contribution is 2.04. The average Bonchev–Trinajstić information content (AvgIpc) is 2.03.